The van der Waals surface area contributed by atoms with Crippen molar-refractivity contribution in [1.29, 1.82) is 0 Å². The van der Waals surface area contributed by atoms with E-state index in [1.807, 2.05) is 6.92 Å². The van der Waals surface area contributed by atoms with Crippen LogP contribution >= 0.6 is 0 Å². The third-order valence-corrected chi connectivity index (χ3v) is 2.25. The molecule has 0 aromatic rings. The van der Waals surface area contributed by atoms with E-state index in [0.29, 0.717) is 11.5 Å². The number of amides is 2. The van der Waals surface area contributed by atoms with Crippen LogP contribution in [0, 0.1) is 5.92 Å². The molecule has 6 nitrogen and oxygen atoms in total. The summed E-state index contributed by atoms with van der Waals surface area (Å²) in [6.45, 7) is 1.89. The van der Waals surface area contributed by atoms with Crippen molar-refractivity contribution >= 4 is 23.2 Å². The molecule has 0 spiro atoms. The molecule has 0 aliphatic carbocycles. The Labute approximate surface area is 83.7 Å². The van der Waals surface area contributed by atoms with Crippen LogP contribution in [0.15, 0.2) is 0 Å². The number of nitrogens with zero attached hydrogens (tertiary/aromatic N) is 1. The van der Waals surface area contributed by atoms with Gasteiger partial charge < -0.3 is 0 Å². The average molecular weight is 221 g/mol. The molecule has 1 saturated heterocycles. The van der Waals surface area contributed by atoms with Gasteiger partial charge >= 0.3 is 11.4 Å². The molecule has 0 bridgehead atoms. The number of rotatable bonds is 4. The summed E-state index contributed by atoms with van der Waals surface area (Å²) in [7, 11) is 0. The number of imide groups is 1. The van der Waals surface area contributed by atoms with Crippen LogP contribution in [0.4, 0.5) is 0 Å². The number of hydrogen-bond acceptors (Lipinski definition) is 4. The van der Waals surface area contributed by atoms with E-state index in [2.05, 4.69) is 4.28 Å². The first-order valence-electron chi connectivity index (χ1n) is 4.22. The standard InChI is InChI=1S/C7H11NO5S/c1-2-3-5-4-6(9)8(7(5)10)13-14(11)12/h5H,2-4H2,1H3,(H,11,12). The lowest BCUT2D eigenvalue weighted by atomic mass is 10.0. The highest BCUT2D eigenvalue weighted by molar-refractivity contribution is 7.74. The molecule has 80 valence electrons. The van der Waals surface area contributed by atoms with Gasteiger partial charge in [-0.3, -0.25) is 14.1 Å². The van der Waals surface area contributed by atoms with Crippen LogP contribution in [0.2, 0.25) is 0 Å². The molecule has 1 rings (SSSR count). The molecule has 2 amide bonds. The van der Waals surface area contributed by atoms with E-state index in [1.54, 1.807) is 0 Å². The van der Waals surface area contributed by atoms with Crippen LogP contribution in [0.5, 0.6) is 0 Å². The Kier molecular flexibility index (Phi) is 3.73. The fourth-order valence-corrected chi connectivity index (χ4v) is 1.67. The Hall–Kier alpha value is -0.790. The van der Waals surface area contributed by atoms with Gasteiger partial charge in [-0.2, -0.15) is 4.21 Å². The first-order valence-corrected chi connectivity index (χ1v) is 5.25. The highest BCUT2D eigenvalue weighted by atomic mass is 32.2. The third kappa shape index (κ3) is 2.37. The number of carbonyl (C=O) groups excluding carboxylic acids is 2. The molecule has 0 aromatic heterocycles. The van der Waals surface area contributed by atoms with E-state index >= 15 is 0 Å². The predicted molar refractivity (Wildman–Crippen MR) is 46.7 cm³/mol. The minimum atomic E-state index is -2.63. The van der Waals surface area contributed by atoms with Crippen LogP contribution < -0.4 is 0 Å². The molecule has 1 fully saturated rings. The summed E-state index contributed by atoms with van der Waals surface area (Å²) in [6, 6.07) is 0. The van der Waals surface area contributed by atoms with Gasteiger partial charge in [0.1, 0.15) is 0 Å². The minimum absolute atomic E-state index is 0.0594. The largest absolute Gasteiger partial charge is 0.325 e. The maximum Gasteiger partial charge on any atom is 0.325 e. The second-order valence-electron chi connectivity index (χ2n) is 3.01. The molecule has 2 unspecified atom stereocenters. The van der Waals surface area contributed by atoms with Gasteiger partial charge in [0.25, 0.3) is 11.8 Å². The fraction of sp³-hybridized carbons (Fsp3) is 0.714. The molecule has 1 aliphatic heterocycles. The summed E-state index contributed by atoms with van der Waals surface area (Å²) in [5, 5.41) is 0.385. The summed E-state index contributed by atoms with van der Waals surface area (Å²) < 4.78 is 22.8. The van der Waals surface area contributed by atoms with Crippen molar-refractivity contribution in [2.75, 3.05) is 0 Å². The molecule has 0 radical (unpaired) electrons. The molecule has 0 saturated carbocycles. The van der Waals surface area contributed by atoms with Gasteiger partial charge in [-0.25, -0.2) is 0 Å². The van der Waals surface area contributed by atoms with Gasteiger partial charge in [0.15, 0.2) is 0 Å². The highest BCUT2D eigenvalue weighted by Gasteiger charge is 2.40. The Balaban J connectivity index is 2.65. The lowest BCUT2D eigenvalue weighted by Crippen LogP contribution is -2.31. The van der Waals surface area contributed by atoms with Crippen LogP contribution in [0.25, 0.3) is 0 Å². The summed E-state index contributed by atoms with van der Waals surface area (Å²) >= 11 is -2.63. The van der Waals surface area contributed by atoms with Gasteiger partial charge in [0, 0.05) is 12.3 Å². The van der Waals surface area contributed by atoms with Gasteiger partial charge in [-0.15, -0.1) is 9.35 Å². The average Bonchev–Trinajstić information content (AvgIpc) is 2.33. The third-order valence-electron chi connectivity index (χ3n) is 1.97. The number of hydrogen-bond donors (Lipinski definition) is 1. The predicted octanol–water partition coefficient (Wildman–Crippen LogP) is 0.230. The Morgan fingerprint density at radius 3 is 2.79 bits per heavy atom. The van der Waals surface area contributed by atoms with Crippen molar-refractivity contribution in [3.05, 3.63) is 0 Å². The Bertz CT molecular complexity index is 279. The molecular weight excluding hydrogens is 210 g/mol. The molecule has 1 N–H and O–H groups in total. The molecule has 1 aliphatic rings. The smallest absolute Gasteiger partial charge is 0.282 e. The van der Waals surface area contributed by atoms with Gasteiger partial charge in [0.2, 0.25) is 0 Å². The van der Waals surface area contributed by atoms with E-state index in [9.17, 15) is 13.8 Å². The maximum absolute atomic E-state index is 11.4. The van der Waals surface area contributed by atoms with Gasteiger partial charge in [-0.1, -0.05) is 13.3 Å². The minimum Gasteiger partial charge on any atom is -0.282 e. The highest BCUT2D eigenvalue weighted by Crippen LogP contribution is 2.24. The lowest BCUT2D eigenvalue weighted by Gasteiger charge is -2.09. The number of carbonyl (C=O) groups is 2. The first-order chi connectivity index (χ1) is 6.56. The molecule has 0 aromatic carbocycles. The van der Waals surface area contributed by atoms with Crippen molar-refractivity contribution in [2.45, 2.75) is 26.2 Å². The fourth-order valence-electron chi connectivity index (χ4n) is 1.39. The van der Waals surface area contributed by atoms with E-state index in [4.69, 9.17) is 4.55 Å². The van der Waals surface area contributed by atoms with Gasteiger partial charge in [0.05, 0.1) is 0 Å². The molecule has 1 heterocycles. The summed E-state index contributed by atoms with van der Waals surface area (Å²) in [5.41, 5.74) is 0. The van der Waals surface area contributed by atoms with Crippen LogP contribution in [-0.2, 0) is 25.2 Å². The van der Waals surface area contributed by atoms with Crippen LogP contribution in [0.1, 0.15) is 26.2 Å². The summed E-state index contributed by atoms with van der Waals surface area (Å²) in [6.07, 6.45) is 1.42. The van der Waals surface area contributed by atoms with Gasteiger partial charge in [-0.05, 0) is 6.42 Å². The summed E-state index contributed by atoms with van der Waals surface area (Å²) in [4.78, 5) is 22.5. The quantitative estimate of drug-likeness (QED) is 0.542. The zero-order valence-corrected chi connectivity index (χ0v) is 8.45. The maximum atomic E-state index is 11.4. The summed E-state index contributed by atoms with van der Waals surface area (Å²) in [5.74, 6) is -1.49. The van der Waals surface area contributed by atoms with Crippen molar-refractivity contribution in [3.8, 4) is 0 Å². The first kappa shape index (κ1) is 11.3. The monoisotopic (exact) mass is 221 g/mol. The zero-order chi connectivity index (χ0) is 10.7. The van der Waals surface area contributed by atoms with E-state index in [0.717, 1.165) is 6.42 Å². The molecule has 7 heteroatoms. The Morgan fingerprint density at radius 2 is 2.29 bits per heavy atom. The number of hydroxylamine groups is 2. The molecule has 2 atom stereocenters. The van der Waals surface area contributed by atoms with E-state index in [-0.39, 0.29) is 6.42 Å². The molecule has 14 heavy (non-hydrogen) atoms. The Morgan fingerprint density at radius 1 is 1.64 bits per heavy atom. The van der Waals surface area contributed by atoms with E-state index in [1.165, 1.54) is 0 Å². The van der Waals surface area contributed by atoms with Crippen LogP contribution in [0.3, 0.4) is 0 Å². The van der Waals surface area contributed by atoms with Crippen molar-refractivity contribution in [2.24, 2.45) is 5.92 Å². The second-order valence-corrected chi connectivity index (χ2v) is 3.59. The van der Waals surface area contributed by atoms with E-state index < -0.39 is 29.1 Å². The zero-order valence-electron chi connectivity index (χ0n) is 7.63. The topological polar surface area (TPSA) is 83.9 Å². The normalized spacial score (nSPS) is 24.4. The van der Waals surface area contributed by atoms with Crippen molar-refractivity contribution in [1.82, 2.24) is 5.06 Å². The second kappa shape index (κ2) is 4.63. The SMILES string of the molecule is CCCC1CC(=O)N(OS(=O)O)C1=O. The van der Waals surface area contributed by atoms with Crippen LogP contribution in [-0.4, -0.2) is 25.6 Å². The van der Waals surface area contributed by atoms with Crippen molar-refractivity contribution < 1.29 is 22.6 Å². The van der Waals surface area contributed by atoms with Crippen molar-refractivity contribution in [3.63, 3.8) is 0 Å². The molecular formula is C7H11NO5S. The lowest BCUT2D eigenvalue weighted by molar-refractivity contribution is -0.165.